The Balaban J connectivity index is 0.00000512. The van der Waals surface area contributed by atoms with Gasteiger partial charge in [0.25, 0.3) is 0 Å². The lowest BCUT2D eigenvalue weighted by molar-refractivity contribution is -0.139. The third kappa shape index (κ3) is 6.22. The number of carbonyl (C=O) groups is 2. The number of esters is 2. The van der Waals surface area contributed by atoms with E-state index in [0.29, 0.717) is 17.0 Å². The molecule has 0 saturated heterocycles. The molecule has 0 aromatic heterocycles. The van der Waals surface area contributed by atoms with E-state index in [2.05, 4.69) is 5.32 Å². The van der Waals surface area contributed by atoms with Gasteiger partial charge in [-0.1, -0.05) is 35.3 Å². The molecule has 0 fully saturated rings. The van der Waals surface area contributed by atoms with E-state index in [4.69, 9.17) is 42.5 Å². The number of rotatable bonds is 9. The Morgan fingerprint density at radius 1 is 1.22 bits per heavy atom. The molecule has 1 heterocycles. The lowest BCUT2D eigenvalue weighted by Crippen LogP contribution is -2.35. The van der Waals surface area contributed by atoms with Crippen LogP contribution in [0, 0.1) is 0 Å². The highest BCUT2D eigenvalue weighted by Crippen LogP contribution is 2.43. The van der Waals surface area contributed by atoms with Crippen LogP contribution >= 0.6 is 23.2 Å². The quantitative estimate of drug-likeness (QED) is 0.440. The number of allylic oxidation sites excluding steroid dienone is 1. The number of methoxy groups -OCH3 is 1. The fraction of sp³-hybridized carbons (Fsp3) is 0.429. The zero-order chi connectivity index (χ0) is 23.1. The Kier molecular flexibility index (Phi) is 11.1. The van der Waals surface area contributed by atoms with Crippen LogP contribution in [0.25, 0.3) is 0 Å². The summed E-state index contributed by atoms with van der Waals surface area (Å²) in [5, 5.41) is 22.0. The summed E-state index contributed by atoms with van der Waals surface area (Å²) in [7, 11) is 1.24. The standard InChI is InChI=1S/C21H25Cl2NO7.H2O/c1-4-31-21(28)18-15(10-30-9-12(26)8-25)24-11(2)16(20(27)29-3)17(18)13-6-5-7-14(22)19(13)23;/h5-7,12,17,24-26H,4,8-10H2,1-3H3;1H2. The molecule has 2 rings (SSSR count). The summed E-state index contributed by atoms with van der Waals surface area (Å²) in [5.41, 5.74) is 1.47. The summed E-state index contributed by atoms with van der Waals surface area (Å²) in [4.78, 5) is 25.7. The highest BCUT2D eigenvalue weighted by Gasteiger charge is 2.40. The van der Waals surface area contributed by atoms with E-state index in [0.717, 1.165) is 0 Å². The Bertz CT molecular complexity index is 900. The minimum absolute atomic E-state index is 0. The van der Waals surface area contributed by atoms with Crippen LogP contribution in [0.15, 0.2) is 40.7 Å². The van der Waals surface area contributed by atoms with Crippen molar-refractivity contribution in [2.75, 3.05) is 33.5 Å². The first-order chi connectivity index (χ1) is 14.8. The van der Waals surface area contributed by atoms with Crippen LogP contribution < -0.4 is 5.32 Å². The van der Waals surface area contributed by atoms with Crippen LogP contribution in [0.5, 0.6) is 0 Å². The number of aliphatic hydroxyl groups excluding tert-OH is 2. The number of dihydropyridines is 1. The predicted octanol–water partition coefficient (Wildman–Crippen LogP) is 1.49. The highest BCUT2D eigenvalue weighted by atomic mass is 35.5. The normalized spacial score (nSPS) is 16.8. The average Bonchev–Trinajstić information content (AvgIpc) is 2.74. The molecule has 1 aliphatic rings. The number of aliphatic hydroxyl groups is 2. The second-order valence-corrected chi connectivity index (χ2v) is 7.48. The molecule has 1 aromatic carbocycles. The van der Waals surface area contributed by atoms with Gasteiger partial charge >= 0.3 is 11.9 Å². The summed E-state index contributed by atoms with van der Waals surface area (Å²) in [5.74, 6) is -2.25. The van der Waals surface area contributed by atoms with Gasteiger partial charge < -0.3 is 35.2 Å². The maximum absolute atomic E-state index is 13.0. The molecule has 178 valence electrons. The molecular formula is C21H27Cl2NO8. The zero-order valence-corrected chi connectivity index (χ0v) is 19.4. The molecule has 0 aliphatic carbocycles. The van der Waals surface area contributed by atoms with Gasteiger partial charge in [-0.15, -0.1) is 0 Å². The average molecular weight is 492 g/mol. The van der Waals surface area contributed by atoms with Crippen LogP contribution in [0.3, 0.4) is 0 Å². The summed E-state index contributed by atoms with van der Waals surface area (Å²) in [6, 6.07) is 4.91. The van der Waals surface area contributed by atoms with Gasteiger partial charge in [0.1, 0.15) is 6.10 Å². The van der Waals surface area contributed by atoms with Crippen LogP contribution in [-0.4, -0.2) is 67.3 Å². The largest absolute Gasteiger partial charge is 0.466 e. The van der Waals surface area contributed by atoms with E-state index in [9.17, 15) is 14.7 Å². The van der Waals surface area contributed by atoms with Gasteiger partial charge in [0, 0.05) is 5.70 Å². The van der Waals surface area contributed by atoms with Gasteiger partial charge in [-0.2, -0.15) is 0 Å². The van der Waals surface area contributed by atoms with E-state index in [1.807, 2.05) is 0 Å². The van der Waals surface area contributed by atoms with Crippen LogP contribution in [-0.2, 0) is 23.8 Å². The molecule has 0 spiro atoms. The lowest BCUT2D eigenvalue weighted by Gasteiger charge is -2.32. The minimum Gasteiger partial charge on any atom is -0.466 e. The SMILES string of the molecule is CCOC(=O)C1=C(COCC(O)CO)NC(C)=C(C(=O)OC)C1c1cccc(Cl)c1Cl.O. The Morgan fingerprint density at radius 3 is 2.50 bits per heavy atom. The summed E-state index contributed by atoms with van der Waals surface area (Å²) in [6.45, 7) is 2.67. The smallest absolute Gasteiger partial charge is 0.336 e. The predicted molar refractivity (Wildman–Crippen MR) is 118 cm³/mol. The molecule has 5 N–H and O–H groups in total. The molecule has 1 aromatic rings. The molecular weight excluding hydrogens is 465 g/mol. The van der Waals surface area contributed by atoms with Gasteiger partial charge in [-0.25, -0.2) is 9.59 Å². The lowest BCUT2D eigenvalue weighted by atomic mass is 9.80. The van der Waals surface area contributed by atoms with Crippen molar-refractivity contribution in [1.29, 1.82) is 0 Å². The van der Waals surface area contributed by atoms with Gasteiger partial charge in [0.05, 0.1) is 66.3 Å². The molecule has 0 amide bonds. The van der Waals surface area contributed by atoms with Crippen LogP contribution in [0.4, 0.5) is 0 Å². The molecule has 0 saturated carbocycles. The fourth-order valence-electron chi connectivity index (χ4n) is 3.24. The number of benzene rings is 1. The summed E-state index contributed by atoms with van der Waals surface area (Å²) in [6.07, 6.45) is -1.07. The number of hydrogen-bond acceptors (Lipinski definition) is 8. The Labute approximate surface area is 195 Å². The number of carbonyl (C=O) groups excluding carboxylic acids is 2. The van der Waals surface area contributed by atoms with Crippen molar-refractivity contribution < 1.29 is 39.5 Å². The van der Waals surface area contributed by atoms with Crippen molar-refractivity contribution in [2.24, 2.45) is 0 Å². The molecule has 32 heavy (non-hydrogen) atoms. The number of nitrogens with one attached hydrogen (secondary N) is 1. The van der Waals surface area contributed by atoms with Crippen molar-refractivity contribution in [3.63, 3.8) is 0 Å². The van der Waals surface area contributed by atoms with Gasteiger partial charge in [0.2, 0.25) is 0 Å². The summed E-state index contributed by atoms with van der Waals surface area (Å²) >= 11 is 12.7. The van der Waals surface area contributed by atoms with Crippen molar-refractivity contribution in [3.8, 4) is 0 Å². The molecule has 2 unspecified atom stereocenters. The second kappa shape index (κ2) is 12.8. The van der Waals surface area contributed by atoms with Crippen molar-refractivity contribution in [1.82, 2.24) is 5.32 Å². The van der Waals surface area contributed by atoms with E-state index in [1.165, 1.54) is 7.11 Å². The fourth-order valence-corrected chi connectivity index (χ4v) is 3.66. The number of ether oxygens (including phenoxy) is 3. The van der Waals surface area contributed by atoms with E-state index < -0.39 is 30.6 Å². The third-order valence-corrected chi connectivity index (χ3v) is 5.44. The second-order valence-electron chi connectivity index (χ2n) is 6.70. The summed E-state index contributed by atoms with van der Waals surface area (Å²) < 4.78 is 15.7. The highest BCUT2D eigenvalue weighted by molar-refractivity contribution is 6.42. The molecule has 0 radical (unpaired) electrons. The molecule has 0 bridgehead atoms. The molecule has 11 heteroatoms. The van der Waals surface area contributed by atoms with Crippen molar-refractivity contribution in [3.05, 3.63) is 56.3 Å². The maximum Gasteiger partial charge on any atom is 0.336 e. The van der Waals surface area contributed by atoms with E-state index >= 15 is 0 Å². The third-order valence-electron chi connectivity index (χ3n) is 4.61. The minimum atomic E-state index is -1.07. The Morgan fingerprint density at radius 2 is 1.91 bits per heavy atom. The maximum atomic E-state index is 13.0. The Hall–Kier alpha value is -2.14. The molecule has 1 aliphatic heterocycles. The molecule has 2 atom stereocenters. The first kappa shape index (κ1) is 27.9. The topological polar surface area (TPSA) is 146 Å². The number of halogens is 2. The van der Waals surface area contributed by atoms with Gasteiger partial charge in [0.15, 0.2) is 0 Å². The van der Waals surface area contributed by atoms with Gasteiger partial charge in [-0.3, -0.25) is 0 Å². The zero-order valence-electron chi connectivity index (χ0n) is 17.9. The van der Waals surface area contributed by atoms with E-state index in [1.54, 1.807) is 32.0 Å². The first-order valence-corrected chi connectivity index (χ1v) is 10.3. The monoisotopic (exact) mass is 491 g/mol. The molecule has 9 nitrogen and oxygen atoms in total. The van der Waals surface area contributed by atoms with Crippen LogP contribution in [0.1, 0.15) is 25.3 Å². The first-order valence-electron chi connectivity index (χ1n) is 9.53. The van der Waals surface area contributed by atoms with Gasteiger partial charge in [-0.05, 0) is 25.5 Å². The van der Waals surface area contributed by atoms with Crippen molar-refractivity contribution in [2.45, 2.75) is 25.9 Å². The van der Waals surface area contributed by atoms with Crippen molar-refractivity contribution >= 4 is 35.1 Å². The van der Waals surface area contributed by atoms with E-state index in [-0.39, 0.29) is 46.5 Å². The van der Waals surface area contributed by atoms with Crippen LogP contribution in [0.2, 0.25) is 10.0 Å². The number of hydrogen-bond donors (Lipinski definition) is 3.